The van der Waals surface area contributed by atoms with Gasteiger partial charge in [-0.15, -0.1) is 0 Å². The van der Waals surface area contributed by atoms with Gasteiger partial charge in [-0.1, -0.05) is 6.92 Å². The van der Waals surface area contributed by atoms with Crippen molar-refractivity contribution >= 4 is 0 Å². The van der Waals surface area contributed by atoms with Crippen molar-refractivity contribution in [1.29, 1.82) is 0 Å². The number of hydrogen-bond donors (Lipinski definition) is 0. The van der Waals surface area contributed by atoms with E-state index in [0.717, 1.165) is 19.9 Å². The first-order valence-electron chi connectivity index (χ1n) is 4.69. The molecule has 0 saturated carbocycles. The molecule has 0 radical (unpaired) electrons. The van der Waals surface area contributed by atoms with Crippen LogP contribution in [0.5, 0.6) is 0 Å². The van der Waals surface area contributed by atoms with Crippen LogP contribution in [0.4, 0.5) is 0 Å². The Balaban J connectivity index is 1.91. The first-order valence-corrected chi connectivity index (χ1v) is 4.69. The fraction of sp³-hybridized carbons (Fsp3) is 1.00. The van der Waals surface area contributed by atoms with Crippen LogP contribution in [-0.4, -0.2) is 44.0 Å². The summed E-state index contributed by atoms with van der Waals surface area (Å²) in [7, 11) is 2.08. The average molecular weight is 171 g/mol. The Labute approximate surface area is 73.6 Å². The molecule has 0 spiro atoms. The molecule has 2 saturated heterocycles. The normalized spacial score (nSPS) is 44.0. The highest BCUT2D eigenvalue weighted by molar-refractivity contribution is 4.84. The molecule has 0 bridgehead atoms. The molecule has 0 amide bonds. The van der Waals surface area contributed by atoms with Crippen molar-refractivity contribution < 1.29 is 9.47 Å². The van der Waals surface area contributed by atoms with Gasteiger partial charge in [-0.2, -0.15) is 0 Å². The predicted octanol–water partition coefficient (Wildman–Crippen LogP) is 0.700. The predicted molar refractivity (Wildman–Crippen MR) is 45.9 cm³/mol. The molecular weight excluding hydrogens is 154 g/mol. The molecular formula is C9H17NO2. The van der Waals surface area contributed by atoms with Crippen LogP contribution in [0.1, 0.15) is 13.3 Å². The van der Waals surface area contributed by atoms with Gasteiger partial charge in [0.2, 0.25) is 0 Å². The number of likely N-dealkylation sites (N-methyl/N-ethyl adjacent to an activating group) is 1. The maximum Gasteiger partial charge on any atom is 0.0994 e. The first kappa shape index (κ1) is 8.48. The fourth-order valence-electron chi connectivity index (χ4n) is 2.03. The van der Waals surface area contributed by atoms with E-state index >= 15 is 0 Å². The minimum absolute atomic E-state index is 0.312. The Bertz CT molecular complexity index is 163. The highest BCUT2D eigenvalue weighted by atomic mass is 16.6. The van der Waals surface area contributed by atoms with Crippen molar-refractivity contribution in [2.75, 3.05) is 26.9 Å². The molecule has 2 aliphatic heterocycles. The van der Waals surface area contributed by atoms with Gasteiger partial charge in [-0.3, -0.25) is 4.90 Å². The second kappa shape index (κ2) is 3.32. The lowest BCUT2D eigenvalue weighted by atomic mass is 10.00. The van der Waals surface area contributed by atoms with E-state index in [4.69, 9.17) is 9.47 Å². The van der Waals surface area contributed by atoms with E-state index in [9.17, 15) is 0 Å². The zero-order valence-electron chi connectivity index (χ0n) is 7.82. The Morgan fingerprint density at radius 2 is 2.17 bits per heavy atom. The highest BCUT2D eigenvalue weighted by Gasteiger charge is 2.36. The molecule has 12 heavy (non-hydrogen) atoms. The van der Waals surface area contributed by atoms with E-state index in [2.05, 4.69) is 18.9 Å². The SMILES string of the molecule is C[C@H]1CCOC1C1CN(C)CO1. The Morgan fingerprint density at radius 3 is 2.67 bits per heavy atom. The second-order valence-electron chi connectivity index (χ2n) is 3.97. The summed E-state index contributed by atoms with van der Waals surface area (Å²) in [4.78, 5) is 2.19. The monoisotopic (exact) mass is 171 g/mol. The summed E-state index contributed by atoms with van der Waals surface area (Å²) >= 11 is 0. The lowest BCUT2D eigenvalue weighted by Crippen LogP contribution is -2.33. The minimum atomic E-state index is 0.312. The summed E-state index contributed by atoms with van der Waals surface area (Å²) in [6.45, 7) is 4.95. The van der Waals surface area contributed by atoms with Gasteiger partial charge in [-0.25, -0.2) is 0 Å². The first-order chi connectivity index (χ1) is 5.77. The summed E-state index contributed by atoms with van der Waals surface area (Å²) in [5, 5.41) is 0. The average Bonchev–Trinajstić information content (AvgIpc) is 2.58. The third-order valence-electron chi connectivity index (χ3n) is 2.81. The van der Waals surface area contributed by atoms with E-state index in [1.165, 1.54) is 6.42 Å². The standard InChI is InChI=1S/C9H17NO2/c1-7-3-4-11-9(7)8-5-10(2)6-12-8/h7-9H,3-6H2,1-2H3/t7-,8?,9?/m0/s1. The van der Waals surface area contributed by atoms with Crippen LogP contribution in [0.25, 0.3) is 0 Å². The van der Waals surface area contributed by atoms with Gasteiger partial charge in [0, 0.05) is 13.2 Å². The van der Waals surface area contributed by atoms with Crippen LogP contribution in [0.2, 0.25) is 0 Å². The lowest BCUT2D eigenvalue weighted by molar-refractivity contribution is -0.0280. The zero-order valence-corrected chi connectivity index (χ0v) is 7.82. The molecule has 3 heteroatoms. The van der Waals surface area contributed by atoms with Crippen molar-refractivity contribution in [1.82, 2.24) is 4.90 Å². The van der Waals surface area contributed by atoms with Crippen LogP contribution >= 0.6 is 0 Å². The molecule has 2 heterocycles. The van der Waals surface area contributed by atoms with Gasteiger partial charge >= 0.3 is 0 Å². The van der Waals surface area contributed by atoms with Crippen LogP contribution in [-0.2, 0) is 9.47 Å². The molecule has 2 unspecified atom stereocenters. The van der Waals surface area contributed by atoms with Gasteiger partial charge < -0.3 is 9.47 Å². The van der Waals surface area contributed by atoms with E-state index in [1.54, 1.807) is 0 Å². The summed E-state index contributed by atoms with van der Waals surface area (Å²) in [6, 6.07) is 0. The molecule has 0 aromatic carbocycles. The lowest BCUT2D eigenvalue weighted by Gasteiger charge is -2.20. The quantitative estimate of drug-likeness (QED) is 0.579. The minimum Gasteiger partial charge on any atom is -0.375 e. The van der Waals surface area contributed by atoms with Crippen molar-refractivity contribution in [3.05, 3.63) is 0 Å². The van der Waals surface area contributed by atoms with Crippen LogP contribution in [0, 0.1) is 5.92 Å². The Hall–Kier alpha value is -0.120. The van der Waals surface area contributed by atoms with Gasteiger partial charge in [-0.05, 0) is 19.4 Å². The molecule has 2 aliphatic rings. The number of ether oxygens (including phenoxy) is 2. The second-order valence-corrected chi connectivity index (χ2v) is 3.97. The molecule has 0 aromatic rings. The molecule has 0 aromatic heterocycles. The molecule has 0 N–H and O–H groups in total. The molecule has 3 atom stereocenters. The van der Waals surface area contributed by atoms with Gasteiger partial charge in [0.1, 0.15) is 0 Å². The highest BCUT2D eigenvalue weighted by Crippen LogP contribution is 2.26. The molecule has 2 fully saturated rings. The van der Waals surface area contributed by atoms with Crippen molar-refractivity contribution in [2.45, 2.75) is 25.6 Å². The zero-order chi connectivity index (χ0) is 8.55. The molecule has 70 valence electrons. The maximum absolute atomic E-state index is 5.65. The molecule has 2 rings (SSSR count). The Kier molecular flexibility index (Phi) is 2.35. The van der Waals surface area contributed by atoms with E-state index in [-0.39, 0.29) is 0 Å². The van der Waals surface area contributed by atoms with Crippen molar-refractivity contribution in [3.8, 4) is 0 Å². The topological polar surface area (TPSA) is 21.7 Å². The summed E-state index contributed by atoms with van der Waals surface area (Å²) in [5.41, 5.74) is 0. The van der Waals surface area contributed by atoms with Gasteiger partial charge in [0.05, 0.1) is 18.9 Å². The third kappa shape index (κ3) is 1.49. The third-order valence-corrected chi connectivity index (χ3v) is 2.81. The van der Waals surface area contributed by atoms with Crippen LogP contribution in [0.3, 0.4) is 0 Å². The maximum atomic E-state index is 5.65. The van der Waals surface area contributed by atoms with Gasteiger partial charge in [0.15, 0.2) is 0 Å². The largest absolute Gasteiger partial charge is 0.375 e. The number of hydrogen-bond acceptors (Lipinski definition) is 3. The summed E-state index contributed by atoms with van der Waals surface area (Å²) < 4.78 is 11.3. The van der Waals surface area contributed by atoms with E-state index in [1.807, 2.05) is 0 Å². The Morgan fingerprint density at radius 1 is 1.33 bits per heavy atom. The van der Waals surface area contributed by atoms with Gasteiger partial charge in [0.25, 0.3) is 0 Å². The van der Waals surface area contributed by atoms with E-state index < -0.39 is 0 Å². The number of rotatable bonds is 1. The van der Waals surface area contributed by atoms with Crippen molar-refractivity contribution in [2.24, 2.45) is 5.92 Å². The summed E-state index contributed by atoms with van der Waals surface area (Å²) in [5.74, 6) is 0.668. The fourth-order valence-corrected chi connectivity index (χ4v) is 2.03. The number of nitrogens with zero attached hydrogens (tertiary/aromatic N) is 1. The smallest absolute Gasteiger partial charge is 0.0994 e. The summed E-state index contributed by atoms with van der Waals surface area (Å²) in [6.07, 6.45) is 1.84. The molecule has 0 aliphatic carbocycles. The van der Waals surface area contributed by atoms with Crippen LogP contribution in [0.15, 0.2) is 0 Å². The van der Waals surface area contributed by atoms with Crippen LogP contribution < -0.4 is 0 Å². The molecule has 3 nitrogen and oxygen atoms in total. The van der Waals surface area contributed by atoms with E-state index in [0.29, 0.717) is 18.1 Å². The van der Waals surface area contributed by atoms with Crippen molar-refractivity contribution in [3.63, 3.8) is 0 Å².